The third-order valence-electron chi connectivity index (χ3n) is 14.1. The van der Waals surface area contributed by atoms with Gasteiger partial charge in [0.1, 0.15) is 22.4 Å². The lowest BCUT2D eigenvalue weighted by Gasteiger charge is -2.14. The number of hydrogen-bond acceptors (Lipinski definition) is 6. The van der Waals surface area contributed by atoms with Crippen molar-refractivity contribution in [2.45, 2.75) is 55.6 Å². The average molecular weight is 1170 g/mol. The van der Waals surface area contributed by atoms with Gasteiger partial charge in [-0.15, -0.1) is 0 Å². The van der Waals surface area contributed by atoms with Crippen LogP contribution in [0.1, 0.15) is 5.56 Å². The van der Waals surface area contributed by atoms with Crippen molar-refractivity contribution >= 4 is 45.3 Å². The highest BCUT2D eigenvalue weighted by molar-refractivity contribution is 8.00. The van der Waals surface area contributed by atoms with Gasteiger partial charge < -0.3 is 19.3 Å². The molecule has 0 aliphatic rings. The van der Waals surface area contributed by atoms with Crippen LogP contribution in [0.2, 0.25) is 0 Å². The average Bonchev–Trinajstić information content (AvgIpc) is 3.51. The zero-order valence-corrected chi connectivity index (χ0v) is 50.1. The number of para-hydroxylation sites is 1. The lowest BCUT2D eigenvalue weighted by atomic mass is 10.1. The first-order valence-electron chi connectivity index (χ1n) is 27.6. The molecule has 0 spiro atoms. The van der Waals surface area contributed by atoms with Crippen LogP contribution in [-0.4, -0.2) is 26.4 Å². The van der Waals surface area contributed by atoms with Crippen molar-refractivity contribution < 1.29 is 19.3 Å². The second-order valence-corrected chi connectivity index (χ2v) is 25.7. The Hall–Kier alpha value is -8.60. The molecule has 0 radical (unpaired) electrons. The van der Waals surface area contributed by atoms with Gasteiger partial charge in [0, 0.05) is 32.4 Å². The summed E-state index contributed by atoms with van der Waals surface area (Å²) in [4.78, 5) is 11.5. The molecule has 0 aromatic heterocycles. The van der Waals surface area contributed by atoms with E-state index in [2.05, 4.69) is 255 Å². The lowest BCUT2D eigenvalue weighted by molar-refractivity contribution is 0.278. The summed E-state index contributed by atoms with van der Waals surface area (Å²) in [5, 5.41) is 10.6. The molecule has 0 saturated heterocycles. The monoisotopic (exact) mass is 1170 g/mol. The molecule has 12 rings (SSSR count). The Labute approximate surface area is 508 Å². The summed E-state index contributed by atoms with van der Waals surface area (Å²) in [6.45, 7) is -0.0355. The summed E-state index contributed by atoms with van der Waals surface area (Å²) in [5.74, 6) is 2.56. The predicted octanol–water partition coefficient (Wildman–Crippen LogP) is 20.1. The normalized spacial score (nSPS) is 11.6. The van der Waals surface area contributed by atoms with Crippen LogP contribution in [0.3, 0.4) is 0 Å². The molecule has 0 saturated carbocycles. The Balaban J connectivity index is 0.000000175. The second-order valence-electron chi connectivity index (χ2n) is 19.4. The van der Waals surface area contributed by atoms with Crippen LogP contribution >= 0.6 is 23.5 Å². The van der Waals surface area contributed by atoms with E-state index < -0.39 is 21.8 Å². The zero-order valence-electron chi connectivity index (χ0n) is 46.9. The smallest absolute Gasteiger partial charge is 0.208 e. The molecular formula is C76H62O4S4+2. The summed E-state index contributed by atoms with van der Waals surface area (Å²) in [5.41, 5.74) is 10.6. The molecule has 0 amide bonds. The first-order chi connectivity index (χ1) is 41.4. The van der Waals surface area contributed by atoms with Gasteiger partial charge in [0.15, 0.2) is 30.2 Å². The number of hydrogen-bond donors (Lipinski definition) is 1. The predicted molar refractivity (Wildman–Crippen MR) is 351 cm³/mol. The molecule has 0 heterocycles. The van der Waals surface area contributed by atoms with Crippen molar-refractivity contribution in [3.63, 3.8) is 0 Å². The molecule has 0 aliphatic heterocycles. The van der Waals surface area contributed by atoms with Crippen LogP contribution in [0.15, 0.2) is 352 Å². The Morgan fingerprint density at radius 1 is 0.298 bits per heavy atom. The van der Waals surface area contributed by atoms with Crippen molar-refractivity contribution in [2.24, 2.45) is 0 Å². The lowest BCUT2D eigenvalue weighted by Crippen LogP contribution is -2.08. The third kappa shape index (κ3) is 13.9. The Morgan fingerprint density at radius 3 is 1.18 bits per heavy atom. The molecule has 0 fully saturated rings. The number of benzene rings is 12. The molecule has 4 nitrogen and oxygen atoms in total. The fourth-order valence-electron chi connectivity index (χ4n) is 9.88. The van der Waals surface area contributed by atoms with Crippen LogP contribution in [0.4, 0.5) is 0 Å². The SMILES string of the molecule is COc1cc([S+](c2ccc(-c3ccccc3)cc2)c2ccccc2OC)ccc1Sc1ccc(-c2ccccc2)cc1.COc1cccc([S+](c2ccc(-c3ccccc3)cc2)c2ccc(Sc3ccc(-c4ccccc4)cc3)cc2CO)c1. The van der Waals surface area contributed by atoms with Gasteiger partial charge in [-0.2, -0.15) is 0 Å². The van der Waals surface area contributed by atoms with E-state index in [1.807, 2.05) is 48.5 Å². The van der Waals surface area contributed by atoms with E-state index in [-0.39, 0.29) is 6.61 Å². The van der Waals surface area contributed by atoms with Crippen molar-refractivity contribution in [1.29, 1.82) is 0 Å². The fraction of sp³-hybridized carbons (Fsp3) is 0.0526. The molecule has 12 aromatic carbocycles. The van der Waals surface area contributed by atoms with E-state index in [1.54, 1.807) is 44.9 Å². The van der Waals surface area contributed by atoms with Crippen molar-refractivity contribution in [2.75, 3.05) is 21.3 Å². The van der Waals surface area contributed by atoms with Gasteiger partial charge in [-0.25, -0.2) is 0 Å². The quantitative estimate of drug-likeness (QED) is 0.0864. The van der Waals surface area contributed by atoms with Crippen LogP contribution in [-0.2, 0) is 28.4 Å². The minimum Gasteiger partial charge on any atom is -0.497 e. The van der Waals surface area contributed by atoms with Crippen LogP contribution in [0.25, 0.3) is 44.5 Å². The topological polar surface area (TPSA) is 47.9 Å². The molecule has 2 atom stereocenters. The van der Waals surface area contributed by atoms with E-state index in [4.69, 9.17) is 14.2 Å². The largest absolute Gasteiger partial charge is 0.497 e. The molecule has 0 aliphatic carbocycles. The highest BCUT2D eigenvalue weighted by Gasteiger charge is 2.34. The van der Waals surface area contributed by atoms with Gasteiger partial charge in [0.25, 0.3) is 0 Å². The molecule has 2 unspecified atom stereocenters. The maximum absolute atomic E-state index is 10.6. The van der Waals surface area contributed by atoms with Gasteiger partial charge in [0.2, 0.25) is 4.90 Å². The van der Waals surface area contributed by atoms with Crippen molar-refractivity contribution in [1.82, 2.24) is 0 Å². The molecule has 12 aromatic rings. The summed E-state index contributed by atoms with van der Waals surface area (Å²) >= 11 is 3.43. The fourth-order valence-corrected chi connectivity index (χ4v) is 16.1. The highest BCUT2D eigenvalue weighted by Crippen LogP contribution is 2.43. The van der Waals surface area contributed by atoms with E-state index in [0.717, 1.165) is 52.2 Å². The first-order valence-corrected chi connectivity index (χ1v) is 31.7. The van der Waals surface area contributed by atoms with Gasteiger partial charge in [-0.1, -0.05) is 187 Å². The van der Waals surface area contributed by atoms with Crippen LogP contribution in [0, 0.1) is 0 Å². The zero-order chi connectivity index (χ0) is 57.5. The summed E-state index contributed by atoms with van der Waals surface area (Å²) in [6.07, 6.45) is 0. The van der Waals surface area contributed by atoms with Crippen molar-refractivity contribution in [3.05, 3.63) is 309 Å². The number of aliphatic hydroxyl groups excluding tert-OH is 1. The molecule has 0 bridgehead atoms. The number of ether oxygens (including phenoxy) is 3. The Kier molecular flexibility index (Phi) is 19.2. The third-order valence-corrected chi connectivity index (χ3v) is 20.8. The van der Waals surface area contributed by atoms with Gasteiger partial charge in [-0.05, 0) is 172 Å². The van der Waals surface area contributed by atoms with Gasteiger partial charge in [-0.3, -0.25) is 0 Å². The van der Waals surface area contributed by atoms with Gasteiger partial charge >= 0.3 is 0 Å². The van der Waals surface area contributed by atoms with Crippen molar-refractivity contribution in [3.8, 4) is 61.8 Å². The summed E-state index contributed by atoms with van der Waals surface area (Å²) in [6, 6.07) is 106. The summed E-state index contributed by atoms with van der Waals surface area (Å²) < 4.78 is 17.4. The highest BCUT2D eigenvalue weighted by atomic mass is 32.2. The Morgan fingerprint density at radius 2 is 0.702 bits per heavy atom. The Bertz CT molecular complexity index is 3950. The minimum absolute atomic E-state index is 0.0355. The van der Waals surface area contributed by atoms with Crippen LogP contribution < -0.4 is 14.2 Å². The molecule has 1 N–H and O–H groups in total. The molecule has 84 heavy (non-hydrogen) atoms. The number of rotatable bonds is 18. The maximum Gasteiger partial charge on any atom is 0.208 e. The molecule has 412 valence electrons. The van der Waals surface area contributed by atoms with E-state index in [9.17, 15) is 5.11 Å². The second kappa shape index (κ2) is 28.1. The minimum atomic E-state index is -0.431. The first kappa shape index (κ1) is 57.2. The van der Waals surface area contributed by atoms with E-state index in [1.165, 1.54) is 64.1 Å². The standard InChI is InChI=1S/2C38H31O2S2/c1-39-35-15-9-10-16-38(35)42(33-23-19-31(20-24-33)29-13-7-4-8-14-29)34-25-26-37(36(27-34)40-2)41-32-21-17-30(18-22-32)28-11-5-3-6-12-28;1-40-33-13-8-14-37(26-33)42(36-22-17-31(18-23-36)29-11-6-3-7-12-29)38-24-21-35(25-32(38)27-39)41-34-19-15-30(16-20-34)28-9-4-2-5-10-28/h3-27H,1-2H3;2-26,39H,27H2,1H3/q2*+1. The van der Waals surface area contributed by atoms with E-state index in [0.29, 0.717) is 0 Å². The van der Waals surface area contributed by atoms with Gasteiger partial charge in [0.05, 0.1) is 43.7 Å². The molecular weight excluding hydrogens is 1110 g/mol. The maximum atomic E-state index is 10.6. The van der Waals surface area contributed by atoms with Crippen LogP contribution in [0.5, 0.6) is 17.2 Å². The van der Waals surface area contributed by atoms with E-state index >= 15 is 0 Å². The number of methoxy groups -OCH3 is 3. The summed E-state index contributed by atoms with van der Waals surface area (Å²) in [7, 11) is 4.36. The molecule has 8 heteroatoms. The number of aliphatic hydroxyl groups is 1.